The van der Waals surface area contributed by atoms with Crippen molar-refractivity contribution in [2.75, 3.05) is 6.54 Å². The molecule has 5 heterocycles. The minimum Gasteiger partial charge on any atom is -0.331 e. The number of carbonyl (C=O) groups is 1. The summed E-state index contributed by atoms with van der Waals surface area (Å²) in [5.74, 6) is -0.235. The third kappa shape index (κ3) is 3.05. The van der Waals surface area contributed by atoms with Crippen LogP contribution >= 0.6 is 0 Å². The molecular weight excluding hydrogens is 425 g/mol. The Bertz CT molecular complexity index is 1360. The van der Waals surface area contributed by atoms with Gasteiger partial charge in [0, 0.05) is 39.4 Å². The van der Waals surface area contributed by atoms with Gasteiger partial charge in [-0.15, -0.1) is 0 Å². The maximum Gasteiger partial charge on any atom is 0.435 e. The zero-order valence-electron chi connectivity index (χ0n) is 17.6. The van der Waals surface area contributed by atoms with E-state index in [4.69, 9.17) is 0 Å². The molecule has 166 valence electrons. The van der Waals surface area contributed by atoms with Crippen LogP contribution in [0, 0.1) is 0 Å². The number of hydrogen-bond acceptors (Lipinski definition) is 5. The van der Waals surface area contributed by atoms with Crippen LogP contribution in [0.2, 0.25) is 0 Å². The molecule has 9 nitrogen and oxygen atoms in total. The van der Waals surface area contributed by atoms with Gasteiger partial charge in [0.25, 0.3) is 5.91 Å². The summed E-state index contributed by atoms with van der Waals surface area (Å²) >= 11 is 0. The number of amides is 1. The van der Waals surface area contributed by atoms with Gasteiger partial charge < -0.3 is 4.90 Å². The van der Waals surface area contributed by atoms with Crippen molar-refractivity contribution in [3.8, 4) is 11.4 Å². The molecule has 0 atom stereocenters. The molecule has 1 aliphatic rings. The van der Waals surface area contributed by atoms with E-state index in [0.717, 1.165) is 17.1 Å². The Balaban J connectivity index is 1.48. The summed E-state index contributed by atoms with van der Waals surface area (Å²) in [6, 6.07) is 2.82. The quantitative estimate of drug-likeness (QED) is 0.474. The average molecular weight is 444 g/mol. The van der Waals surface area contributed by atoms with Crippen molar-refractivity contribution in [3.05, 3.63) is 47.2 Å². The number of rotatable bonds is 2. The number of halogens is 3. The number of hydrogen-bond donors (Lipinski definition) is 0. The first kappa shape index (κ1) is 20.2. The maximum atomic E-state index is 13.2. The van der Waals surface area contributed by atoms with E-state index in [0.29, 0.717) is 41.1 Å². The molecule has 0 radical (unpaired) electrons. The molecule has 0 N–H and O–H groups in total. The molecule has 0 fully saturated rings. The number of aromatic nitrogens is 7. The van der Waals surface area contributed by atoms with E-state index in [2.05, 4.69) is 20.3 Å². The van der Waals surface area contributed by atoms with Crippen molar-refractivity contribution in [1.29, 1.82) is 0 Å². The molecule has 32 heavy (non-hydrogen) atoms. The van der Waals surface area contributed by atoms with Crippen LogP contribution in [0.15, 0.2) is 24.5 Å². The Morgan fingerprint density at radius 3 is 2.59 bits per heavy atom. The highest BCUT2D eigenvalue weighted by Gasteiger charge is 2.36. The number of carbonyl (C=O) groups excluding carboxylic acids is 1. The number of pyridine rings is 1. The summed E-state index contributed by atoms with van der Waals surface area (Å²) < 4.78 is 43.8. The molecular formula is C20H19F3N8O. The lowest BCUT2D eigenvalue weighted by atomic mass is 10.0. The van der Waals surface area contributed by atoms with Crippen molar-refractivity contribution in [3.63, 3.8) is 0 Å². The fourth-order valence-electron chi connectivity index (χ4n) is 4.24. The minimum atomic E-state index is -4.53. The van der Waals surface area contributed by atoms with Crippen LogP contribution in [0.4, 0.5) is 13.2 Å². The Labute approximate surface area is 180 Å². The van der Waals surface area contributed by atoms with Crippen molar-refractivity contribution >= 4 is 16.8 Å². The van der Waals surface area contributed by atoms with Gasteiger partial charge in [0.2, 0.25) is 0 Å². The Kier molecular flexibility index (Phi) is 4.36. The Morgan fingerprint density at radius 1 is 1.09 bits per heavy atom. The van der Waals surface area contributed by atoms with Crippen LogP contribution in [-0.4, -0.2) is 51.7 Å². The number of nitrogens with zero attached hydrogens (tertiary/aromatic N) is 8. The molecule has 0 spiro atoms. The van der Waals surface area contributed by atoms with Crippen LogP contribution in [0.25, 0.3) is 22.3 Å². The van der Waals surface area contributed by atoms with Crippen molar-refractivity contribution in [1.82, 2.24) is 39.2 Å². The summed E-state index contributed by atoms with van der Waals surface area (Å²) in [6.45, 7) is 0.636. The third-order valence-electron chi connectivity index (χ3n) is 5.78. The normalized spacial score (nSPS) is 14.2. The predicted octanol–water partition coefficient (Wildman–Crippen LogP) is 2.32. The second-order valence-corrected chi connectivity index (χ2v) is 7.77. The zero-order valence-corrected chi connectivity index (χ0v) is 17.6. The maximum absolute atomic E-state index is 13.2. The van der Waals surface area contributed by atoms with Gasteiger partial charge in [0.05, 0.1) is 40.7 Å². The number of aryl methyl sites for hydroxylation is 3. The average Bonchev–Trinajstić information content (AvgIpc) is 3.41. The molecule has 0 unspecified atom stereocenters. The van der Waals surface area contributed by atoms with E-state index < -0.39 is 11.9 Å². The van der Waals surface area contributed by atoms with E-state index in [9.17, 15) is 18.0 Å². The van der Waals surface area contributed by atoms with Crippen LogP contribution in [0.1, 0.15) is 27.4 Å². The summed E-state index contributed by atoms with van der Waals surface area (Å²) in [7, 11) is 4.95. The van der Waals surface area contributed by atoms with Crippen LogP contribution in [0.3, 0.4) is 0 Å². The second-order valence-electron chi connectivity index (χ2n) is 7.77. The minimum absolute atomic E-state index is 0.235. The van der Waals surface area contributed by atoms with Gasteiger partial charge in [-0.1, -0.05) is 0 Å². The second kappa shape index (κ2) is 6.90. The molecule has 0 saturated heterocycles. The molecule has 1 amide bonds. The molecule has 4 aromatic heterocycles. The highest BCUT2D eigenvalue weighted by atomic mass is 19.4. The molecule has 5 rings (SSSR count). The number of alkyl halides is 3. The molecule has 0 aliphatic carbocycles. The first-order chi connectivity index (χ1) is 15.1. The summed E-state index contributed by atoms with van der Waals surface area (Å²) in [6.07, 6.45) is -0.880. The van der Waals surface area contributed by atoms with Crippen molar-refractivity contribution in [2.24, 2.45) is 21.1 Å². The Hall–Kier alpha value is -3.70. The number of fused-ring (bicyclic) bond motifs is 2. The van der Waals surface area contributed by atoms with Gasteiger partial charge in [-0.05, 0) is 18.6 Å². The van der Waals surface area contributed by atoms with Crippen LogP contribution in [0.5, 0.6) is 0 Å². The summed E-state index contributed by atoms with van der Waals surface area (Å²) in [5.41, 5.74) is 2.54. The lowest BCUT2D eigenvalue weighted by Crippen LogP contribution is -2.36. The first-order valence-electron chi connectivity index (χ1n) is 9.87. The third-order valence-corrected chi connectivity index (χ3v) is 5.78. The van der Waals surface area contributed by atoms with Gasteiger partial charge in [0.15, 0.2) is 5.69 Å². The fraction of sp³-hybridized carbons (Fsp3) is 0.350. The van der Waals surface area contributed by atoms with E-state index in [1.165, 1.54) is 11.7 Å². The van der Waals surface area contributed by atoms with Gasteiger partial charge in [-0.3, -0.25) is 23.8 Å². The lowest BCUT2D eigenvalue weighted by molar-refractivity contribution is -0.141. The summed E-state index contributed by atoms with van der Waals surface area (Å²) in [5, 5.41) is 13.0. The SMILES string of the molecule is Cn1nc(C(F)(F)F)cc1-c1c2c(nn1C)CN(C(=O)c1nccc3c1cnn3C)CC2. The molecule has 4 aromatic rings. The topological polar surface area (TPSA) is 86.7 Å². The van der Waals surface area contributed by atoms with E-state index in [1.54, 1.807) is 46.8 Å². The summed E-state index contributed by atoms with van der Waals surface area (Å²) in [4.78, 5) is 19.1. The van der Waals surface area contributed by atoms with Crippen molar-refractivity contribution in [2.45, 2.75) is 19.1 Å². The van der Waals surface area contributed by atoms with Gasteiger partial charge >= 0.3 is 6.18 Å². The van der Waals surface area contributed by atoms with Crippen LogP contribution in [-0.2, 0) is 40.3 Å². The van der Waals surface area contributed by atoms with E-state index >= 15 is 0 Å². The zero-order chi connectivity index (χ0) is 22.8. The smallest absolute Gasteiger partial charge is 0.331 e. The van der Waals surface area contributed by atoms with Crippen LogP contribution < -0.4 is 0 Å². The van der Waals surface area contributed by atoms with Gasteiger partial charge in [-0.2, -0.15) is 28.5 Å². The van der Waals surface area contributed by atoms with Gasteiger partial charge in [-0.25, -0.2) is 0 Å². The highest BCUT2D eigenvalue weighted by Crippen LogP contribution is 2.35. The Morgan fingerprint density at radius 2 is 1.88 bits per heavy atom. The molecule has 0 aromatic carbocycles. The van der Waals surface area contributed by atoms with Gasteiger partial charge in [0.1, 0.15) is 5.69 Å². The largest absolute Gasteiger partial charge is 0.435 e. The molecule has 0 bridgehead atoms. The first-order valence-corrected chi connectivity index (χ1v) is 9.87. The molecule has 1 aliphatic heterocycles. The van der Waals surface area contributed by atoms with E-state index in [-0.39, 0.29) is 12.5 Å². The predicted molar refractivity (Wildman–Crippen MR) is 107 cm³/mol. The standard InChI is InChI=1S/C20H19F3N8O/c1-28-14-4-6-24-17(12(14)9-25-28)19(32)31-7-5-11-13(10-31)26-30(3)18(11)15-8-16(20(21,22)23)27-29(15)2/h4,6,8-9H,5,7,10H2,1-3H3. The molecule has 0 saturated carbocycles. The van der Waals surface area contributed by atoms with E-state index in [1.807, 2.05) is 0 Å². The highest BCUT2D eigenvalue weighted by molar-refractivity contribution is 6.04. The fourth-order valence-corrected chi connectivity index (χ4v) is 4.24. The lowest BCUT2D eigenvalue weighted by Gasteiger charge is -2.26. The molecule has 12 heteroatoms. The monoisotopic (exact) mass is 444 g/mol. The van der Waals surface area contributed by atoms with Crippen molar-refractivity contribution < 1.29 is 18.0 Å².